The van der Waals surface area contributed by atoms with E-state index < -0.39 is 0 Å². The second-order valence-corrected chi connectivity index (χ2v) is 5.29. The fourth-order valence-corrected chi connectivity index (χ4v) is 2.56. The Morgan fingerprint density at radius 2 is 2.16 bits per heavy atom. The molecule has 1 aliphatic rings. The Bertz CT molecular complexity index is 437. The number of piperidine rings is 1. The third-order valence-corrected chi connectivity index (χ3v) is 3.90. The molecule has 0 aromatic carbocycles. The topological polar surface area (TPSA) is 84.1 Å². The lowest BCUT2D eigenvalue weighted by molar-refractivity contribution is -0.122. The van der Waals surface area contributed by atoms with Crippen LogP contribution in [-0.4, -0.2) is 42.3 Å². The van der Waals surface area contributed by atoms with Gasteiger partial charge in [0.1, 0.15) is 11.6 Å². The van der Waals surface area contributed by atoms with Crippen LogP contribution < -0.4 is 16.0 Å². The van der Waals surface area contributed by atoms with Gasteiger partial charge in [0.25, 0.3) is 0 Å². The third-order valence-electron chi connectivity index (χ3n) is 3.35. The van der Waals surface area contributed by atoms with Gasteiger partial charge in [-0.05, 0) is 19.1 Å². The van der Waals surface area contributed by atoms with E-state index in [1.54, 1.807) is 0 Å². The second-order valence-electron chi connectivity index (χ2n) is 4.51. The summed E-state index contributed by atoms with van der Waals surface area (Å²) in [6.45, 7) is 1.61. The largest absolute Gasteiger partial charge is 0.373 e. The van der Waals surface area contributed by atoms with Crippen LogP contribution in [0.3, 0.4) is 0 Å². The maximum atomic E-state index is 11.2. The van der Waals surface area contributed by atoms with Crippen molar-refractivity contribution in [2.24, 2.45) is 11.7 Å². The number of carbonyl (C=O) groups is 1. The number of anilines is 2. The zero-order valence-electron chi connectivity index (χ0n) is 11.2. The average Bonchev–Trinajstić information content (AvgIpc) is 2.46. The van der Waals surface area contributed by atoms with Crippen LogP contribution in [-0.2, 0) is 4.79 Å². The summed E-state index contributed by atoms with van der Waals surface area (Å²) >= 11 is 1.52. The van der Waals surface area contributed by atoms with Gasteiger partial charge in [0.2, 0.25) is 5.91 Å². The van der Waals surface area contributed by atoms with Crippen molar-refractivity contribution >= 4 is 29.3 Å². The summed E-state index contributed by atoms with van der Waals surface area (Å²) in [6, 6.07) is 1.93. The molecule has 1 aliphatic heterocycles. The Kier molecular flexibility index (Phi) is 4.47. The van der Waals surface area contributed by atoms with Crippen LogP contribution >= 0.6 is 11.8 Å². The molecular weight excluding hydrogens is 262 g/mol. The number of thioether (sulfide) groups is 1. The molecule has 0 unspecified atom stereocenters. The number of primary amides is 1. The van der Waals surface area contributed by atoms with Gasteiger partial charge in [-0.1, -0.05) is 11.8 Å². The van der Waals surface area contributed by atoms with E-state index in [4.69, 9.17) is 5.73 Å². The molecule has 7 heteroatoms. The molecule has 1 saturated heterocycles. The molecule has 0 spiro atoms. The number of amides is 1. The monoisotopic (exact) mass is 281 g/mol. The first-order chi connectivity index (χ1) is 9.13. The first kappa shape index (κ1) is 13.9. The first-order valence-electron chi connectivity index (χ1n) is 6.29. The van der Waals surface area contributed by atoms with E-state index >= 15 is 0 Å². The van der Waals surface area contributed by atoms with Gasteiger partial charge >= 0.3 is 0 Å². The number of nitrogens with zero attached hydrogens (tertiary/aromatic N) is 3. The second kappa shape index (κ2) is 6.10. The first-order valence-corrected chi connectivity index (χ1v) is 7.51. The van der Waals surface area contributed by atoms with Crippen molar-refractivity contribution in [1.82, 2.24) is 9.97 Å². The highest BCUT2D eigenvalue weighted by molar-refractivity contribution is 7.98. The maximum Gasteiger partial charge on any atom is 0.220 e. The van der Waals surface area contributed by atoms with E-state index in [2.05, 4.69) is 20.2 Å². The number of aromatic nitrogens is 2. The molecule has 1 fully saturated rings. The molecule has 6 nitrogen and oxygen atoms in total. The molecule has 0 radical (unpaired) electrons. The van der Waals surface area contributed by atoms with Crippen molar-refractivity contribution in [2.75, 3.05) is 36.6 Å². The van der Waals surface area contributed by atoms with Gasteiger partial charge < -0.3 is 16.0 Å². The van der Waals surface area contributed by atoms with E-state index in [0.29, 0.717) is 0 Å². The van der Waals surface area contributed by atoms with Gasteiger partial charge in [0, 0.05) is 32.1 Å². The minimum absolute atomic E-state index is 0.00174. The van der Waals surface area contributed by atoms with Crippen LogP contribution in [0.1, 0.15) is 12.8 Å². The van der Waals surface area contributed by atoms with Crippen molar-refractivity contribution in [3.8, 4) is 0 Å². The molecule has 19 heavy (non-hydrogen) atoms. The standard InChI is InChI=1S/C12H19N5OS/c1-14-9-7-10(16-12(15-9)19-2)17-5-3-8(4-6-17)11(13)18/h7-8H,3-6H2,1-2H3,(H2,13,18)(H,14,15,16). The summed E-state index contributed by atoms with van der Waals surface area (Å²) in [4.78, 5) is 22.2. The lowest BCUT2D eigenvalue weighted by atomic mass is 9.96. The maximum absolute atomic E-state index is 11.2. The molecule has 0 aliphatic carbocycles. The minimum Gasteiger partial charge on any atom is -0.373 e. The van der Waals surface area contributed by atoms with Gasteiger partial charge in [0.15, 0.2) is 5.16 Å². The molecule has 1 amide bonds. The molecular formula is C12H19N5OS. The van der Waals surface area contributed by atoms with E-state index in [1.165, 1.54) is 11.8 Å². The number of nitrogens with two attached hydrogens (primary N) is 1. The summed E-state index contributed by atoms with van der Waals surface area (Å²) in [5, 5.41) is 3.79. The average molecular weight is 281 g/mol. The Labute approximate surface area is 117 Å². The number of hydrogen-bond acceptors (Lipinski definition) is 6. The highest BCUT2D eigenvalue weighted by atomic mass is 32.2. The zero-order chi connectivity index (χ0) is 13.8. The van der Waals surface area contributed by atoms with E-state index in [-0.39, 0.29) is 11.8 Å². The van der Waals surface area contributed by atoms with Gasteiger partial charge in [-0.2, -0.15) is 0 Å². The molecule has 3 N–H and O–H groups in total. The van der Waals surface area contributed by atoms with Crippen LogP contribution in [0.15, 0.2) is 11.2 Å². The SMILES string of the molecule is CNc1cc(N2CCC(C(N)=O)CC2)nc(SC)n1. The Balaban J connectivity index is 2.12. The lowest BCUT2D eigenvalue weighted by Crippen LogP contribution is -2.39. The highest BCUT2D eigenvalue weighted by Gasteiger charge is 2.24. The van der Waals surface area contributed by atoms with Crippen LogP contribution in [0.4, 0.5) is 11.6 Å². The smallest absolute Gasteiger partial charge is 0.220 e. The van der Waals surface area contributed by atoms with Crippen molar-refractivity contribution in [2.45, 2.75) is 18.0 Å². The summed E-state index contributed by atoms with van der Waals surface area (Å²) in [7, 11) is 1.84. The molecule has 104 valence electrons. The molecule has 1 aromatic heterocycles. The number of rotatable bonds is 4. The van der Waals surface area contributed by atoms with Crippen molar-refractivity contribution in [3.05, 3.63) is 6.07 Å². The summed E-state index contributed by atoms with van der Waals surface area (Å²) in [5.74, 6) is 1.53. The summed E-state index contributed by atoms with van der Waals surface area (Å²) in [6.07, 6.45) is 3.55. The Morgan fingerprint density at radius 3 is 2.68 bits per heavy atom. The van der Waals surface area contributed by atoms with Crippen LogP contribution in [0, 0.1) is 5.92 Å². The predicted molar refractivity (Wildman–Crippen MR) is 77.5 cm³/mol. The lowest BCUT2D eigenvalue weighted by Gasteiger charge is -2.31. The Hall–Kier alpha value is -1.50. The number of carbonyl (C=O) groups excluding carboxylic acids is 1. The predicted octanol–water partition coefficient (Wildman–Crippen LogP) is 0.942. The Morgan fingerprint density at radius 1 is 1.47 bits per heavy atom. The number of nitrogens with one attached hydrogen (secondary N) is 1. The van der Waals surface area contributed by atoms with Crippen molar-refractivity contribution < 1.29 is 4.79 Å². The van der Waals surface area contributed by atoms with E-state index in [1.807, 2.05) is 19.4 Å². The summed E-state index contributed by atoms with van der Waals surface area (Å²) < 4.78 is 0. The van der Waals surface area contributed by atoms with E-state index in [0.717, 1.165) is 42.7 Å². The van der Waals surface area contributed by atoms with Crippen LogP contribution in [0.5, 0.6) is 0 Å². The van der Waals surface area contributed by atoms with Crippen LogP contribution in [0.25, 0.3) is 0 Å². The molecule has 0 saturated carbocycles. The molecule has 0 bridgehead atoms. The third kappa shape index (κ3) is 3.28. The van der Waals surface area contributed by atoms with Gasteiger partial charge in [0.05, 0.1) is 0 Å². The zero-order valence-corrected chi connectivity index (χ0v) is 12.0. The van der Waals surface area contributed by atoms with Crippen LogP contribution in [0.2, 0.25) is 0 Å². The molecule has 2 heterocycles. The fourth-order valence-electron chi connectivity index (χ4n) is 2.19. The molecule has 1 aromatic rings. The summed E-state index contributed by atoms with van der Waals surface area (Å²) in [5.41, 5.74) is 5.35. The normalized spacial score (nSPS) is 16.4. The molecule has 2 rings (SSSR count). The molecule has 0 atom stereocenters. The highest BCUT2D eigenvalue weighted by Crippen LogP contribution is 2.25. The number of hydrogen-bond donors (Lipinski definition) is 2. The van der Waals surface area contributed by atoms with Gasteiger partial charge in [-0.15, -0.1) is 0 Å². The quantitative estimate of drug-likeness (QED) is 0.631. The van der Waals surface area contributed by atoms with Gasteiger partial charge in [-0.25, -0.2) is 9.97 Å². The van der Waals surface area contributed by atoms with E-state index in [9.17, 15) is 4.79 Å². The van der Waals surface area contributed by atoms with Crippen molar-refractivity contribution in [3.63, 3.8) is 0 Å². The fraction of sp³-hybridized carbons (Fsp3) is 0.583. The van der Waals surface area contributed by atoms with Gasteiger partial charge in [-0.3, -0.25) is 4.79 Å². The van der Waals surface area contributed by atoms with Crippen molar-refractivity contribution in [1.29, 1.82) is 0 Å². The minimum atomic E-state index is -0.192.